The molecule has 0 aliphatic carbocycles. The Morgan fingerprint density at radius 3 is 1.69 bits per heavy atom. The number of carbonyl (C=O) groups excluding carboxylic acids is 4. The van der Waals surface area contributed by atoms with Crippen LogP contribution in [0.15, 0.2) is 170 Å². The predicted octanol–water partition coefficient (Wildman–Crippen LogP) is 9.03. The number of aromatic nitrogens is 1. The molecule has 61 heavy (non-hydrogen) atoms. The summed E-state index contributed by atoms with van der Waals surface area (Å²) in [5.41, 5.74) is 4.79. The van der Waals surface area contributed by atoms with Gasteiger partial charge in [-0.2, -0.15) is 13.2 Å². The number of nitrogens with one attached hydrogen (secondary N) is 3. The van der Waals surface area contributed by atoms with Gasteiger partial charge in [0.05, 0.1) is 17.2 Å². The van der Waals surface area contributed by atoms with Crippen LogP contribution in [-0.4, -0.2) is 53.3 Å². The van der Waals surface area contributed by atoms with E-state index in [4.69, 9.17) is 0 Å². The maximum Gasteiger partial charge on any atom is 0.491 e. The topological polar surface area (TPSA) is 126 Å². The first-order valence-corrected chi connectivity index (χ1v) is 20.5. The van der Waals surface area contributed by atoms with Gasteiger partial charge in [0.15, 0.2) is 0 Å². The van der Waals surface area contributed by atoms with Gasteiger partial charge in [0.1, 0.15) is 11.9 Å². The van der Waals surface area contributed by atoms with Crippen molar-refractivity contribution >= 4 is 41.3 Å². The number of amides is 2. The van der Waals surface area contributed by atoms with Gasteiger partial charge < -0.3 is 20.7 Å². The Bertz CT molecular complexity index is 2240. The van der Waals surface area contributed by atoms with Crippen LogP contribution in [0.5, 0.6) is 0 Å². The van der Waals surface area contributed by atoms with Crippen LogP contribution in [0.4, 0.5) is 19.0 Å². The number of rotatable bonds is 18. The van der Waals surface area contributed by atoms with Crippen LogP contribution in [0.1, 0.15) is 47.6 Å². The molecule has 0 aliphatic heterocycles. The molecule has 0 spiro atoms. The number of pyridine rings is 1. The molecule has 13 heteroatoms. The van der Waals surface area contributed by atoms with Crippen LogP contribution < -0.4 is 16.0 Å². The molecule has 0 bridgehead atoms. The van der Waals surface area contributed by atoms with Crippen molar-refractivity contribution in [3.8, 4) is 11.1 Å². The highest BCUT2D eigenvalue weighted by Crippen LogP contribution is 2.48. The van der Waals surface area contributed by atoms with Crippen LogP contribution in [0.25, 0.3) is 11.1 Å². The summed E-state index contributed by atoms with van der Waals surface area (Å²) in [4.78, 5) is 57.0. The summed E-state index contributed by atoms with van der Waals surface area (Å²) < 4.78 is 42.6. The van der Waals surface area contributed by atoms with Crippen molar-refractivity contribution in [2.45, 2.75) is 42.3 Å². The molecule has 1 unspecified atom stereocenters. The van der Waals surface area contributed by atoms with Crippen LogP contribution in [0.2, 0.25) is 0 Å². The fourth-order valence-corrected chi connectivity index (χ4v) is 8.35. The second kappa shape index (κ2) is 21.0. The summed E-state index contributed by atoms with van der Waals surface area (Å²) in [6.07, 6.45) is -4.12. The molecule has 1 aromatic heterocycles. The van der Waals surface area contributed by atoms with Gasteiger partial charge in [-0.25, -0.2) is 9.78 Å². The summed E-state index contributed by atoms with van der Waals surface area (Å²) in [5, 5.41) is 8.87. The maximum atomic E-state index is 14.6. The number of carbonyl (C=O) groups is 4. The van der Waals surface area contributed by atoms with Gasteiger partial charge in [0, 0.05) is 24.9 Å². The maximum absolute atomic E-state index is 14.6. The smallest absolute Gasteiger partial charge is 0.386 e. The molecular formula is C48H43F3N4O5S. The monoisotopic (exact) mass is 844 g/mol. The molecule has 9 nitrogen and oxygen atoms in total. The molecule has 5 aromatic carbocycles. The molecule has 0 saturated heterocycles. The van der Waals surface area contributed by atoms with Crippen LogP contribution in [0.3, 0.4) is 0 Å². The minimum Gasteiger partial charge on any atom is -0.386 e. The molecule has 0 fully saturated rings. The number of benzene rings is 5. The lowest BCUT2D eigenvalue weighted by atomic mass is 9.84. The molecule has 3 N–H and O–H groups in total. The van der Waals surface area contributed by atoms with Gasteiger partial charge in [-0.05, 0) is 51.9 Å². The number of esters is 2. The third-order valence-electron chi connectivity index (χ3n) is 9.76. The average molecular weight is 845 g/mol. The van der Waals surface area contributed by atoms with E-state index < -0.39 is 53.2 Å². The van der Waals surface area contributed by atoms with E-state index in [1.165, 1.54) is 11.8 Å². The SMILES string of the molecule is O=C(CCCNc1ccccn1)N[C@@H](CSC(c1ccccc1)(c1ccccc1)c1ccccc1)C(=O)NC(CC(=O)OC(=O)C(F)(F)F)c1ccc(-c2ccccc2)cc1. The van der Waals surface area contributed by atoms with Crippen molar-refractivity contribution in [1.82, 2.24) is 15.6 Å². The Kier molecular flexibility index (Phi) is 15.1. The largest absolute Gasteiger partial charge is 0.491 e. The second-order valence-electron chi connectivity index (χ2n) is 14.0. The lowest BCUT2D eigenvalue weighted by molar-refractivity contribution is -0.202. The zero-order valence-electron chi connectivity index (χ0n) is 32.9. The van der Waals surface area contributed by atoms with Crippen LogP contribution in [0, 0.1) is 0 Å². The number of halogens is 3. The zero-order valence-corrected chi connectivity index (χ0v) is 33.7. The standard InChI is InChI=1S/C48H43F3N4O5S/c49-48(50,51)46(59)60-44(57)32-40(36-28-26-35(27-29-36)34-16-5-1-6-17-34)55-45(58)41(54-43(56)25-15-31-53-42-24-13-14-30-52-42)33-61-47(37-18-7-2-8-19-37,38-20-9-3-10-21-38)39-22-11-4-12-23-39/h1-14,16-24,26-30,40-41H,15,25,31-33H2,(H,52,53)(H,54,56)(H,55,58)/t40?,41-/m0/s1. The van der Waals surface area contributed by atoms with E-state index >= 15 is 0 Å². The van der Waals surface area contributed by atoms with E-state index in [-0.39, 0.29) is 12.2 Å². The number of alkyl halides is 3. The first kappa shape index (κ1) is 43.8. The number of ether oxygens (including phenoxy) is 1. The van der Waals surface area contributed by atoms with E-state index in [1.807, 2.05) is 127 Å². The summed E-state index contributed by atoms with van der Waals surface area (Å²) in [6, 6.07) is 48.4. The molecule has 6 aromatic rings. The van der Waals surface area contributed by atoms with E-state index in [1.54, 1.807) is 42.6 Å². The Morgan fingerprint density at radius 1 is 0.639 bits per heavy atom. The average Bonchev–Trinajstić information content (AvgIpc) is 3.29. The molecule has 0 aliphatic rings. The van der Waals surface area contributed by atoms with Crippen molar-refractivity contribution in [2.24, 2.45) is 0 Å². The van der Waals surface area contributed by atoms with Crippen molar-refractivity contribution in [3.05, 3.63) is 192 Å². The fraction of sp³-hybridized carbons (Fsp3) is 0.188. The molecule has 2 atom stereocenters. The van der Waals surface area contributed by atoms with Crippen LogP contribution in [-0.2, 0) is 28.7 Å². The summed E-state index contributed by atoms with van der Waals surface area (Å²) in [6.45, 7) is 0.426. The van der Waals surface area contributed by atoms with E-state index in [9.17, 15) is 32.3 Å². The molecule has 6 rings (SSSR count). The molecule has 2 amide bonds. The predicted molar refractivity (Wildman–Crippen MR) is 230 cm³/mol. The second-order valence-corrected chi connectivity index (χ2v) is 15.2. The van der Waals surface area contributed by atoms with E-state index in [0.29, 0.717) is 24.3 Å². The van der Waals surface area contributed by atoms with Gasteiger partial charge in [-0.3, -0.25) is 14.4 Å². The molecule has 0 saturated carbocycles. The minimum atomic E-state index is -5.41. The first-order valence-electron chi connectivity index (χ1n) is 19.6. The normalized spacial score (nSPS) is 12.4. The molecule has 312 valence electrons. The summed E-state index contributed by atoms with van der Waals surface area (Å²) in [5.74, 6) is -4.63. The highest BCUT2D eigenvalue weighted by Gasteiger charge is 2.43. The highest BCUT2D eigenvalue weighted by molar-refractivity contribution is 8.00. The molecule has 1 heterocycles. The summed E-state index contributed by atoms with van der Waals surface area (Å²) >= 11 is 1.42. The minimum absolute atomic E-state index is 0.0130. The number of hydrogen-bond donors (Lipinski definition) is 3. The lowest BCUT2D eigenvalue weighted by Gasteiger charge is -2.36. The van der Waals surface area contributed by atoms with Crippen molar-refractivity contribution in [2.75, 3.05) is 17.6 Å². The molecular weight excluding hydrogens is 802 g/mol. The van der Waals surface area contributed by atoms with Gasteiger partial charge >= 0.3 is 18.1 Å². The quantitative estimate of drug-likeness (QED) is 0.0339. The summed E-state index contributed by atoms with van der Waals surface area (Å²) in [7, 11) is 0. The van der Waals surface area contributed by atoms with Gasteiger partial charge in [-0.15, -0.1) is 11.8 Å². The molecule has 0 radical (unpaired) electrons. The number of hydrogen-bond acceptors (Lipinski definition) is 8. The lowest BCUT2D eigenvalue weighted by Crippen LogP contribution is -2.50. The number of thioether (sulfide) groups is 1. The van der Waals surface area contributed by atoms with E-state index in [0.717, 1.165) is 27.8 Å². The number of nitrogens with zero attached hydrogens (tertiary/aromatic N) is 1. The fourth-order valence-electron chi connectivity index (χ4n) is 6.79. The van der Waals surface area contributed by atoms with Gasteiger partial charge in [-0.1, -0.05) is 152 Å². The third kappa shape index (κ3) is 11.9. The zero-order chi connectivity index (χ0) is 43.1. The Labute approximate surface area is 356 Å². The number of anilines is 1. The Morgan fingerprint density at radius 2 is 1.16 bits per heavy atom. The Hall–Kier alpha value is -6.73. The first-order chi connectivity index (χ1) is 29.5. The van der Waals surface area contributed by atoms with Crippen LogP contribution >= 0.6 is 11.8 Å². The third-order valence-corrected chi connectivity index (χ3v) is 11.4. The van der Waals surface area contributed by atoms with Crippen molar-refractivity contribution < 1.29 is 37.1 Å². The van der Waals surface area contributed by atoms with Gasteiger partial charge in [0.25, 0.3) is 0 Å². The van der Waals surface area contributed by atoms with Gasteiger partial charge in [0.2, 0.25) is 11.8 Å². The van der Waals surface area contributed by atoms with E-state index in [2.05, 4.69) is 25.7 Å². The Balaban J connectivity index is 1.32. The van der Waals surface area contributed by atoms with Crippen molar-refractivity contribution in [3.63, 3.8) is 0 Å². The highest BCUT2D eigenvalue weighted by atomic mass is 32.2. The van der Waals surface area contributed by atoms with Crippen molar-refractivity contribution in [1.29, 1.82) is 0 Å².